The molecule has 2 aromatic rings. The largest absolute Gasteiger partial charge is 0.352 e. The molecule has 1 fully saturated rings. The Hall–Kier alpha value is -1.97. The van der Waals surface area contributed by atoms with Gasteiger partial charge in [-0.05, 0) is 37.5 Å². The van der Waals surface area contributed by atoms with E-state index in [2.05, 4.69) is 20.6 Å². The molecule has 152 valence electrons. The monoisotopic (exact) mass is 421 g/mol. The van der Waals surface area contributed by atoms with Gasteiger partial charge in [0.2, 0.25) is 10.0 Å². The van der Waals surface area contributed by atoms with Crippen molar-refractivity contribution in [2.75, 3.05) is 20.1 Å². The van der Waals surface area contributed by atoms with Crippen molar-refractivity contribution in [2.24, 2.45) is 4.99 Å². The van der Waals surface area contributed by atoms with Crippen LogP contribution in [0, 0.1) is 6.92 Å². The van der Waals surface area contributed by atoms with Crippen molar-refractivity contribution < 1.29 is 8.42 Å². The van der Waals surface area contributed by atoms with Crippen LogP contribution in [0.1, 0.15) is 34.7 Å². The zero-order valence-corrected chi connectivity index (χ0v) is 17.9. The van der Waals surface area contributed by atoms with E-state index in [4.69, 9.17) is 0 Å². The maximum atomic E-state index is 12.7. The third-order valence-corrected chi connectivity index (χ3v) is 7.46. The van der Waals surface area contributed by atoms with Gasteiger partial charge in [0.1, 0.15) is 5.01 Å². The van der Waals surface area contributed by atoms with Crippen LogP contribution in [-0.2, 0) is 23.1 Å². The van der Waals surface area contributed by atoms with E-state index in [1.165, 1.54) is 4.88 Å². The lowest BCUT2D eigenvalue weighted by Gasteiger charge is -2.25. The molecular formula is C19H27N5O2S2. The lowest BCUT2D eigenvalue weighted by Crippen LogP contribution is -2.36. The number of hydrogen-bond donors (Lipinski definition) is 2. The van der Waals surface area contributed by atoms with Gasteiger partial charge in [0.15, 0.2) is 5.96 Å². The standard InChI is InChI=1S/C19H27N5O2S2/c1-15-12-21-18(27-15)14-23-19(20-2)22-13-16-6-8-17(9-7-16)28(25,26)24-10-4-3-5-11-24/h6-9,12H,3-5,10-11,13-14H2,1-2H3,(H2,20,22,23). The summed E-state index contributed by atoms with van der Waals surface area (Å²) in [6, 6.07) is 7.08. The summed E-state index contributed by atoms with van der Waals surface area (Å²) in [6.45, 7) is 4.44. The minimum atomic E-state index is -3.38. The Morgan fingerprint density at radius 1 is 1.14 bits per heavy atom. The van der Waals surface area contributed by atoms with E-state index in [1.54, 1.807) is 34.8 Å². The summed E-state index contributed by atoms with van der Waals surface area (Å²) in [7, 11) is -1.66. The number of aryl methyl sites for hydroxylation is 1. The average Bonchev–Trinajstić information content (AvgIpc) is 3.14. The molecule has 0 aliphatic carbocycles. The fraction of sp³-hybridized carbons (Fsp3) is 0.474. The van der Waals surface area contributed by atoms with Crippen LogP contribution in [0.3, 0.4) is 0 Å². The average molecular weight is 422 g/mol. The number of piperidine rings is 1. The van der Waals surface area contributed by atoms with Crippen LogP contribution in [0.4, 0.5) is 0 Å². The SMILES string of the molecule is CN=C(NCc1ccc(S(=O)(=O)N2CCCCC2)cc1)NCc1ncc(C)s1. The van der Waals surface area contributed by atoms with Gasteiger partial charge in [0.05, 0.1) is 11.4 Å². The predicted octanol–water partition coefficient (Wildman–Crippen LogP) is 2.49. The molecule has 0 unspecified atom stereocenters. The molecular weight excluding hydrogens is 394 g/mol. The van der Waals surface area contributed by atoms with Crippen molar-refractivity contribution in [3.05, 3.63) is 45.9 Å². The maximum Gasteiger partial charge on any atom is 0.243 e. The normalized spacial score (nSPS) is 16.1. The highest BCUT2D eigenvalue weighted by Gasteiger charge is 2.25. The van der Waals surface area contributed by atoms with Gasteiger partial charge in [-0.25, -0.2) is 13.4 Å². The molecule has 1 aliphatic heterocycles. The highest BCUT2D eigenvalue weighted by molar-refractivity contribution is 7.89. The van der Waals surface area contributed by atoms with Crippen LogP contribution in [0.25, 0.3) is 0 Å². The van der Waals surface area contributed by atoms with Crippen LogP contribution in [0.15, 0.2) is 40.4 Å². The number of rotatable bonds is 6. The van der Waals surface area contributed by atoms with E-state index in [0.29, 0.717) is 37.0 Å². The number of benzene rings is 1. The Labute approximate surface area is 171 Å². The summed E-state index contributed by atoms with van der Waals surface area (Å²) in [5, 5.41) is 7.48. The zero-order valence-electron chi connectivity index (χ0n) is 16.3. The summed E-state index contributed by atoms with van der Waals surface area (Å²) < 4.78 is 27.0. The summed E-state index contributed by atoms with van der Waals surface area (Å²) in [4.78, 5) is 10.1. The first-order valence-electron chi connectivity index (χ1n) is 9.44. The van der Waals surface area contributed by atoms with Crippen LogP contribution >= 0.6 is 11.3 Å². The molecule has 0 atom stereocenters. The van der Waals surface area contributed by atoms with E-state index in [0.717, 1.165) is 29.8 Å². The minimum Gasteiger partial charge on any atom is -0.352 e. The molecule has 7 nitrogen and oxygen atoms in total. The van der Waals surface area contributed by atoms with Crippen molar-refractivity contribution in [1.29, 1.82) is 0 Å². The third-order valence-electron chi connectivity index (χ3n) is 4.64. The highest BCUT2D eigenvalue weighted by atomic mass is 32.2. The molecule has 9 heteroatoms. The Bertz CT molecular complexity index is 901. The molecule has 3 rings (SSSR count). The molecule has 28 heavy (non-hydrogen) atoms. The summed E-state index contributed by atoms with van der Waals surface area (Å²) in [5.74, 6) is 0.679. The highest BCUT2D eigenvalue weighted by Crippen LogP contribution is 2.20. The first-order chi connectivity index (χ1) is 13.5. The summed E-state index contributed by atoms with van der Waals surface area (Å²) in [6.07, 6.45) is 4.84. The molecule has 2 heterocycles. The van der Waals surface area contributed by atoms with Crippen molar-refractivity contribution >= 4 is 27.3 Å². The van der Waals surface area contributed by atoms with Crippen LogP contribution < -0.4 is 10.6 Å². The van der Waals surface area contributed by atoms with Gasteiger partial charge in [-0.1, -0.05) is 18.6 Å². The van der Waals surface area contributed by atoms with E-state index < -0.39 is 10.0 Å². The van der Waals surface area contributed by atoms with E-state index in [9.17, 15) is 8.42 Å². The second-order valence-electron chi connectivity index (χ2n) is 6.75. The number of aliphatic imine (C=N–C) groups is 1. The molecule has 0 spiro atoms. The molecule has 0 bridgehead atoms. The first kappa shape index (κ1) is 20.8. The summed E-state index contributed by atoms with van der Waals surface area (Å²) >= 11 is 1.65. The van der Waals surface area contributed by atoms with E-state index in [-0.39, 0.29) is 0 Å². The summed E-state index contributed by atoms with van der Waals surface area (Å²) in [5.41, 5.74) is 0.991. The molecule has 2 N–H and O–H groups in total. The first-order valence-corrected chi connectivity index (χ1v) is 11.7. The second kappa shape index (κ2) is 9.49. The Kier molecular flexibility index (Phi) is 7.03. The predicted molar refractivity (Wildman–Crippen MR) is 113 cm³/mol. The van der Waals surface area contributed by atoms with Crippen LogP contribution in [0.2, 0.25) is 0 Å². The number of aromatic nitrogens is 1. The van der Waals surface area contributed by atoms with Crippen molar-refractivity contribution in [2.45, 2.75) is 44.2 Å². The quantitative estimate of drug-likeness (QED) is 0.553. The molecule has 1 saturated heterocycles. The lowest BCUT2D eigenvalue weighted by molar-refractivity contribution is 0.346. The lowest BCUT2D eigenvalue weighted by atomic mass is 10.2. The Morgan fingerprint density at radius 2 is 1.82 bits per heavy atom. The number of nitrogens with one attached hydrogen (secondary N) is 2. The molecule has 0 amide bonds. The smallest absolute Gasteiger partial charge is 0.243 e. The number of guanidine groups is 1. The maximum absolute atomic E-state index is 12.7. The molecule has 1 aliphatic rings. The van der Waals surface area contributed by atoms with Gasteiger partial charge in [-0.2, -0.15) is 4.31 Å². The Morgan fingerprint density at radius 3 is 2.43 bits per heavy atom. The number of sulfonamides is 1. The number of hydrogen-bond acceptors (Lipinski definition) is 5. The fourth-order valence-electron chi connectivity index (χ4n) is 3.08. The van der Waals surface area contributed by atoms with Crippen molar-refractivity contribution in [3.8, 4) is 0 Å². The third kappa shape index (κ3) is 5.30. The number of thiazole rings is 1. The van der Waals surface area contributed by atoms with Crippen LogP contribution in [0.5, 0.6) is 0 Å². The Balaban J connectivity index is 1.54. The topological polar surface area (TPSA) is 86.7 Å². The van der Waals surface area contributed by atoms with Gasteiger partial charge in [-0.15, -0.1) is 11.3 Å². The van der Waals surface area contributed by atoms with Gasteiger partial charge in [0.25, 0.3) is 0 Å². The van der Waals surface area contributed by atoms with Gasteiger partial charge in [-0.3, -0.25) is 4.99 Å². The fourth-order valence-corrected chi connectivity index (χ4v) is 5.33. The van der Waals surface area contributed by atoms with Gasteiger partial charge < -0.3 is 10.6 Å². The molecule has 0 saturated carbocycles. The van der Waals surface area contributed by atoms with E-state index in [1.807, 2.05) is 25.3 Å². The van der Waals surface area contributed by atoms with Crippen molar-refractivity contribution in [1.82, 2.24) is 19.9 Å². The van der Waals surface area contributed by atoms with Gasteiger partial charge in [0, 0.05) is 37.8 Å². The molecule has 1 aromatic heterocycles. The second-order valence-corrected chi connectivity index (χ2v) is 10.0. The van der Waals surface area contributed by atoms with E-state index >= 15 is 0 Å². The molecule has 0 radical (unpaired) electrons. The minimum absolute atomic E-state index is 0.361. The van der Waals surface area contributed by atoms with Crippen molar-refractivity contribution in [3.63, 3.8) is 0 Å². The zero-order chi connectivity index (χ0) is 20.0. The number of nitrogens with zero attached hydrogens (tertiary/aromatic N) is 3. The molecule has 1 aromatic carbocycles. The van der Waals surface area contributed by atoms with Crippen LogP contribution in [-0.4, -0.2) is 43.8 Å². The van der Waals surface area contributed by atoms with Gasteiger partial charge >= 0.3 is 0 Å².